The van der Waals surface area contributed by atoms with E-state index in [0.29, 0.717) is 17.6 Å². The average Bonchev–Trinajstić information content (AvgIpc) is 3.20. The summed E-state index contributed by atoms with van der Waals surface area (Å²) in [5.74, 6) is 1.73. The van der Waals surface area contributed by atoms with Gasteiger partial charge in [0.25, 0.3) is 0 Å². The second-order valence-electron chi connectivity index (χ2n) is 7.28. The van der Waals surface area contributed by atoms with Gasteiger partial charge in [-0.2, -0.15) is 10.4 Å². The van der Waals surface area contributed by atoms with Crippen LogP contribution < -0.4 is 10.6 Å². The van der Waals surface area contributed by atoms with Crippen molar-refractivity contribution in [2.75, 3.05) is 17.2 Å². The van der Waals surface area contributed by atoms with Crippen LogP contribution in [0.15, 0.2) is 30.7 Å². The zero-order valence-corrected chi connectivity index (χ0v) is 16.3. The van der Waals surface area contributed by atoms with Crippen molar-refractivity contribution >= 4 is 17.3 Å². The third-order valence-electron chi connectivity index (χ3n) is 5.08. The summed E-state index contributed by atoms with van der Waals surface area (Å²) in [6.07, 6.45) is 11.3. The molecule has 148 valence electrons. The molecule has 29 heavy (non-hydrogen) atoms. The Bertz CT molecular complexity index is 998. The molecule has 0 aliphatic heterocycles. The Kier molecular flexibility index (Phi) is 5.61. The Morgan fingerprint density at radius 1 is 1.14 bits per heavy atom. The quantitative estimate of drug-likeness (QED) is 0.659. The Morgan fingerprint density at radius 2 is 2.00 bits per heavy atom. The lowest BCUT2D eigenvalue weighted by Crippen LogP contribution is -2.18. The maximum atomic E-state index is 8.85. The number of rotatable bonds is 6. The number of hydrogen-bond donors (Lipinski definition) is 2. The highest BCUT2D eigenvalue weighted by molar-refractivity contribution is 5.74. The van der Waals surface area contributed by atoms with Crippen LogP contribution in [0.1, 0.15) is 37.8 Å². The lowest BCUT2D eigenvalue weighted by atomic mass is 9.89. The number of hydrogen-bond acceptors (Lipinski definition) is 8. The van der Waals surface area contributed by atoms with Crippen molar-refractivity contribution in [3.63, 3.8) is 0 Å². The van der Waals surface area contributed by atoms with Crippen LogP contribution in [0.4, 0.5) is 17.3 Å². The van der Waals surface area contributed by atoms with E-state index in [1.807, 2.05) is 31.4 Å². The minimum Gasteiger partial charge on any atom is -0.383 e. The first kappa shape index (κ1) is 18.8. The van der Waals surface area contributed by atoms with E-state index in [9.17, 15) is 0 Å². The molecule has 4 rings (SSSR count). The van der Waals surface area contributed by atoms with Crippen molar-refractivity contribution in [1.82, 2.24) is 29.9 Å². The minimum atomic E-state index is 0.266. The number of anilines is 3. The van der Waals surface area contributed by atoms with Gasteiger partial charge in [-0.3, -0.25) is 4.68 Å². The van der Waals surface area contributed by atoms with Crippen LogP contribution in [0.5, 0.6) is 0 Å². The molecule has 3 aromatic rings. The molecule has 9 nitrogen and oxygen atoms in total. The van der Waals surface area contributed by atoms with E-state index in [2.05, 4.69) is 35.9 Å². The lowest BCUT2D eigenvalue weighted by Gasteiger charge is -2.22. The van der Waals surface area contributed by atoms with Crippen molar-refractivity contribution in [3.8, 4) is 17.5 Å². The number of nitriles is 1. The van der Waals surface area contributed by atoms with Gasteiger partial charge in [0, 0.05) is 25.9 Å². The third kappa shape index (κ3) is 4.66. The summed E-state index contributed by atoms with van der Waals surface area (Å²) in [5, 5.41) is 28.7. The monoisotopic (exact) mass is 389 g/mol. The number of nitrogens with one attached hydrogen (secondary N) is 2. The zero-order valence-electron chi connectivity index (χ0n) is 16.3. The van der Waals surface area contributed by atoms with Gasteiger partial charge in [0.05, 0.1) is 18.1 Å². The van der Waals surface area contributed by atoms with Gasteiger partial charge in [-0.25, -0.2) is 9.97 Å². The van der Waals surface area contributed by atoms with Crippen LogP contribution in [-0.4, -0.2) is 36.5 Å². The number of aryl methyl sites for hydroxylation is 1. The fraction of sp³-hybridized carbons (Fsp3) is 0.400. The fourth-order valence-corrected chi connectivity index (χ4v) is 3.55. The van der Waals surface area contributed by atoms with E-state index in [1.54, 1.807) is 4.68 Å². The van der Waals surface area contributed by atoms with Gasteiger partial charge >= 0.3 is 0 Å². The van der Waals surface area contributed by atoms with Crippen molar-refractivity contribution in [3.05, 3.63) is 36.4 Å². The number of nitrogens with zero attached hydrogens (tertiary/aromatic N) is 7. The standard InChI is InChI=1S/C20H23N9/c1-29-8-7-16(28-29)20-17(23-11-14-5-3-2-4-6-14)9-18(26-27-20)25-19-13-22-15(10-21)12-24-19/h7-9,12-14H,2-6,11H2,1H3,(H2,23,24,25,26). The summed E-state index contributed by atoms with van der Waals surface area (Å²) in [4.78, 5) is 8.20. The molecule has 9 heteroatoms. The zero-order chi connectivity index (χ0) is 20.1. The number of aromatic nitrogens is 6. The smallest absolute Gasteiger partial charge is 0.158 e. The highest BCUT2D eigenvalue weighted by Gasteiger charge is 2.16. The normalized spacial score (nSPS) is 14.3. The molecule has 3 heterocycles. The molecule has 0 aromatic carbocycles. The van der Waals surface area contributed by atoms with Gasteiger partial charge in [0.1, 0.15) is 23.3 Å². The molecular formula is C20H23N9. The van der Waals surface area contributed by atoms with Gasteiger partial charge in [0.2, 0.25) is 0 Å². The molecule has 3 aromatic heterocycles. The van der Waals surface area contributed by atoms with E-state index in [1.165, 1.54) is 44.5 Å². The molecule has 0 atom stereocenters. The van der Waals surface area contributed by atoms with Crippen LogP contribution in [0.3, 0.4) is 0 Å². The fourth-order valence-electron chi connectivity index (χ4n) is 3.55. The van der Waals surface area contributed by atoms with Crippen LogP contribution >= 0.6 is 0 Å². The van der Waals surface area contributed by atoms with Crippen molar-refractivity contribution in [2.45, 2.75) is 32.1 Å². The molecule has 0 spiro atoms. The average molecular weight is 389 g/mol. The molecule has 1 aliphatic carbocycles. The lowest BCUT2D eigenvalue weighted by molar-refractivity contribution is 0.373. The van der Waals surface area contributed by atoms with Crippen LogP contribution in [0, 0.1) is 17.2 Å². The maximum absolute atomic E-state index is 8.85. The summed E-state index contributed by atoms with van der Waals surface area (Å²) >= 11 is 0. The Labute approximate surface area is 169 Å². The Balaban J connectivity index is 1.57. The highest BCUT2D eigenvalue weighted by atomic mass is 15.3. The maximum Gasteiger partial charge on any atom is 0.158 e. The highest BCUT2D eigenvalue weighted by Crippen LogP contribution is 2.29. The van der Waals surface area contributed by atoms with Crippen LogP contribution in [-0.2, 0) is 7.05 Å². The van der Waals surface area contributed by atoms with Crippen molar-refractivity contribution < 1.29 is 0 Å². The van der Waals surface area contributed by atoms with Crippen LogP contribution in [0.2, 0.25) is 0 Å². The SMILES string of the molecule is Cn1ccc(-c2nnc(Nc3cnc(C#N)cn3)cc2NCC2CCCCC2)n1. The summed E-state index contributed by atoms with van der Waals surface area (Å²) in [6.45, 7) is 0.904. The van der Waals surface area contributed by atoms with Crippen molar-refractivity contribution in [2.24, 2.45) is 13.0 Å². The summed E-state index contributed by atoms with van der Waals surface area (Å²) in [7, 11) is 1.88. The summed E-state index contributed by atoms with van der Waals surface area (Å²) in [6, 6.07) is 5.80. The molecule has 1 fully saturated rings. The van der Waals surface area contributed by atoms with E-state index in [0.717, 1.165) is 23.6 Å². The predicted octanol–water partition coefficient (Wildman–Crippen LogP) is 3.27. The van der Waals surface area contributed by atoms with E-state index < -0.39 is 0 Å². The van der Waals surface area contributed by atoms with Gasteiger partial charge in [-0.1, -0.05) is 19.3 Å². The third-order valence-corrected chi connectivity index (χ3v) is 5.08. The molecule has 0 saturated heterocycles. The first-order chi connectivity index (χ1) is 14.2. The van der Waals surface area contributed by atoms with Gasteiger partial charge in [-0.05, 0) is 24.8 Å². The first-order valence-corrected chi connectivity index (χ1v) is 9.82. The molecule has 0 amide bonds. The van der Waals surface area contributed by atoms with E-state index in [4.69, 9.17) is 5.26 Å². The second kappa shape index (κ2) is 8.65. The first-order valence-electron chi connectivity index (χ1n) is 9.82. The Hall–Kier alpha value is -3.54. The van der Waals surface area contributed by atoms with Crippen LogP contribution in [0.25, 0.3) is 11.4 Å². The topological polar surface area (TPSA) is 117 Å². The molecule has 0 bridgehead atoms. The summed E-state index contributed by atoms with van der Waals surface area (Å²) in [5.41, 5.74) is 2.64. The largest absolute Gasteiger partial charge is 0.383 e. The molecule has 1 saturated carbocycles. The van der Waals surface area contributed by atoms with E-state index >= 15 is 0 Å². The molecule has 0 unspecified atom stereocenters. The molecule has 0 radical (unpaired) electrons. The van der Waals surface area contributed by atoms with Gasteiger partial charge < -0.3 is 10.6 Å². The van der Waals surface area contributed by atoms with E-state index in [-0.39, 0.29) is 5.69 Å². The van der Waals surface area contributed by atoms with Gasteiger partial charge in [-0.15, -0.1) is 10.2 Å². The molecule has 2 N–H and O–H groups in total. The minimum absolute atomic E-state index is 0.266. The predicted molar refractivity (Wildman–Crippen MR) is 109 cm³/mol. The molecule has 1 aliphatic rings. The second-order valence-corrected chi connectivity index (χ2v) is 7.28. The Morgan fingerprint density at radius 3 is 2.69 bits per heavy atom. The molecular weight excluding hydrogens is 366 g/mol. The van der Waals surface area contributed by atoms with Crippen molar-refractivity contribution in [1.29, 1.82) is 5.26 Å². The van der Waals surface area contributed by atoms with Gasteiger partial charge in [0.15, 0.2) is 11.5 Å². The summed E-state index contributed by atoms with van der Waals surface area (Å²) < 4.78 is 1.75.